The first-order valence-corrected chi connectivity index (χ1v) is 7.84. The van der Waals surface area contributed by atoms with Crippen LogP contribution < -0.4 is 5.73 Å². The molecule has 6 nitrogen and oxygen atoms in total. The number of alkyl halides is 2. The number of hydrogen-bond acceptors (Lipinski definition) is 4. The van der Waals surface area contributed by atoms with E-state index in [-0.39, 0.29) is 13.2 Å². The highest BCUT2D eigenvalue weighted by molar-refractivity contribution is 7.89. The van der Waals surface area contributed by atoms with Crippen molar-refractivity contribution in [1.82, 2.24) is 4.31 Å². The number of carbonyl (C=O) groups is 1. The Balaban J connectivity index is 2.69. The molecule has 0 aromatic carbocycles. The molecule has 2 N–H and O–H groups in total. The summed E-state index contributed by atoms with van der Waals surface area (Å²) in [6.45, 7) is -0.386. The standard InChI is InChI=1S/C11H20F2N2O4S/c1-19-8-15(20(17,18)10(12)13)11(6-7-11)5-3-2-4-9(14)16/h10H,2-8H2,1H3,(H2,14,16). The molecule has 0 bridgehead atoms. The van der Waals surface area contributed by atoms with E-state index in [1.54, 1.807) is 0 Å². The van der Waals surface area contributed by atoms with Gasteiger partial charge in [-0.15, -0.1) is 0 Å². The summed E-state index contributed by atoms with van der Waals surface area (Å²) in [6.07, 6.45) is 2.77. The minimum Gasteiger partial charge on any atom is -0.370 e. The van der Waals surface area contributed by atoms with Crippen molar-refractivity contribution in [3.63, 3.8) is 0 Å². The molecular formula is C11H20F2N2O4S. The van der Waals surface area contributed by atoms with Crippen LogP contribution in [0.3, 0.4) is 0 Å². The van der Waals surface area contributed by atoms with Gasteiger partial charge in [-0.1, -0.05) is 6.42 Å². The van der Waals surface area contributed by atoms with Crippen molar-refractivity contribution in [2.24, 2.45) is 5.73 Å². The van der Waals surface area contributed by atoms with Gasteiger partial charge in [-0.05, 0) is 25.7 Å². The quantitative estimate of drug-likeness (QED) is 0.481. The number of nitrogens with two attached hydrogens (primary N) is 1. The lowest BCUT2D eigenvalue weighted by Crippen LogP contribution is -2.45. The first-order valence-electron chi connectivity index (χ1n) is 6.33. The maximum atomic E-state index is 12.7. The van der Waals surface area contributed by atoms with E-state index in [0.717, 1.165) is 4.31 Å². The number of nitrogens with zero attached hydrogens (tertiary/aromatic N) is 1. The molecule has 1 aliphatic carbocycles. The fourth-order valence-corrected chi connectivity index (χ4v) is 3.47. The summed E-state index contributed by atoms with van der Waals surface area (Å²) in [5.41, 5.74) is 4.22. The second kappa shape index (κ2) is 6.77. The Morgan fingerprint density at radius 3 is 2.40 bits per heavy atom. The SMILES string of the molecule is COCN(C1(CCCCC(N)=O)CC1)S(=O)(=O)C(F)F. The first-order chi connectivity index (χ1) is 9.26. The minimum atomic E-state index is -4.67. The van der Waals surface area contributed by atoms with Crippen LogP contribution in [-0.4, -0.2) is 43.8 Å². The van der Waals surface area contributed by atoms with Crippen molar-refractivity contribution in [2.45, 2.75) is 49.8 Å². The molecule has 0 aromatic heterocycles. The second-order valence-corrected chi connectivity index (χ2v) is 6.80. The molecule has 0 unspecified atom stereocenters. The molecule has 0 saturated heterocycles. The molecular weight excluding hydrogens is 294 g/mol. The molecule has 0 spiro atoms. The number of primary amides is 1. The largest absolute Gasteiger partial charge is 0.370 e. The van der Waals surface area contributed by atoms with E-state index in [4.69, 9.17) is 10.5 Å². The van der Waals surface area contributed by atoms with Crippen molar-refractivity contribution in [3.8, 4) is 0 Å². The predicted octanol–water partition coefficient (Wildman–Crippen LogP) is 1.02. The van der Waals surface area contributed by atoms with Gasteiger partial charge in [0.25, 0.3) is 10.0 Å². The van der Waals surface area contributed by atoms with Crippen molar-refractivity contribution in [1.29, 1.82) is 0 Å². The predicted molar refractivity (Wildman–Crippen MR) is 68.3 cm³/mol. The molecule has 9 heteroatoms. The first kappa shape index (κ1) is 17.3. The van der Waals surface area contributed by atoms with Crippen molar-refractivity contribution in [3.05, 3.63) is 0 Å². The van der Waals surface area contributed by atoms with Crippen LogP contribution in [0.25, 0.3) is 0 Å². The van der Waals surface area contributed by atoms with Gasteiger partial charge in [0.1, 0.15) is 6.73 Å². The van der Waals surface area contributed by atoms with E-state index >= 15 is 0 Å². The maximum Gasteiger partial charge on any atom is 0.350 e. The number of sulfonamides is 1. The van der Waals surface area contributed by atoms with Crippen LogP contribution in [0.4, 0.5) is 8.78 Å². The second-order valence-electron chi connectivity index (χ2n) is 4.97. The number of carbonyl (C=O) groups excluding carboxylic acids is 1. The van der Waals surface area contributed by atoms with Crippen LogP contribution in [0.5, 0.6) is 0 Å². The molecule has 0 aromatic rings. The van der Waals surface area contributed by atoms with Gasteiger partial charge in [0, 0.05) is 19.1 Å². The third-order valence-corrected chi connectivity index (χ3v) is 5.01. The van der Waals surface area contributed by atoms with Gasteiger partial charge in [-0.2, -0.15) is 13.1 Å². The number of amides is 1. The van der Waals surface area contributed by atoms with Gasteiger partial charge >= 0.3 is 5.76 Å². The molecule has 1 aliphatic rings. The third-order valence-electron chi connectivity index (χ3n) is 3.45. The molecule has 1 rings (SSSR count). The number of unbranched alkanes of at least 4 members (excludes halogenated alkanes) is 1. The zero-order valence-corrected chi connectivity index (χ0v) is 12.2. The van der Waals surface area contributed by atoms with Crippen LogP contribution >= 0.6 is 0 Å². The average molecular weight is 314 g/mol. The van der Waals surface area contributed by atoms with Gasteiger partial charge in [0.05, 0.1) is 0 Å². The summed E-state index contributed by atoms with van der Waals surface area (Å²) in [4.78, 5) is 10.6. The summed E-state index contributed by atoms with van der Waals surface area (Å²) in [6, 6.07) is 0. The van der Waals surface area contributed by atoms with E-state index in [9.17, 15) is 22.0 Å². The molecule has 0 radical (unpaired) electrons. The van der Waals surface area contributed by atoms with Crippen LogP contribution in [0.15, 0.2) is 0 Å². The molecule has 0 atom stereocenters. The maximum absolute atomic E-state index is 12.7. The Morgan fingerprint density at radius 2 is 2.00 bits per heavy atom. The van der Waals surface area contributed by atoms with Crippen molar-refractivity contribution < 1.29 is 26.7 Å². The lowest BCUT2D eigenvalue weighted by Gasteiger charge is -2.30. The molecule has 1 fully saturated rings. The fourth-order valence-electron chi connectivity index (χ4n) is 2.22. The Kier molecular flexibility index (Phi) is 5.84. The zero-order chi connectivity index (χ0) is 15.4. The summed E-state index contributed by atoms with van der Waals surface area (Å²) >= 11 is 0. The summed E-state index contributed by atoms with van der Waals surface area (Å²) in [7, 11) is -3.41. The lowest BCUT2D eigenvalue weighted by molar-refractivity contribution is -0.118. The normalized spacial score (nSPS) is 17.6. The number of methoxy groups -OCH3 is 1. The number of ether oxygens (including phenoxy) is 1. The summed E-state index contributed by atoms with van der Waals surface area (Å²) in [5, 5.41) is 0. The van der Waals surface area contributed by atoms with Gasteiger partial charge < -0.3 is 10.5 Å². The summed E-state index contributed by atoms with van der Waals surface area (Å²) < 4.78 is 54.2. The number of rotatable bonds is 10. The highest BCUT2D eigenvalue weighted by Gasteiger charge is 2.54. The van der Waals surface area contributed by atoms with Gasteiger partial charge in [-0.3, -0.25) is 4.79 Å². The van der Waals surface area contributed by atoms with Crippen LogP contribution in [0.1, 0.15) is 38.5 Å². The zero-order valence-electron chi connectivity index (χ0n) is 11.3. The molecule has 1 saturated carbocycles. The van der Waals surface area contributed by atoms with Crippen LogP contribution in [0, 0.1) is 0 Å². The highest BCUT2D eigenvalue weighted by Crippen LogP contribution is 2.48. The van der Waals surface area contributed by atoms with Gasteiger partial charge in [0.2, 0.25) is 5.91 Å². The van der Waals surface area contributed by atoms with E-state index in [0.29, 0.717) is 32.1 Å². The van der Waals surface area contributed by atoms with Crippen molar-refractivity contribution >= 4 is 15.9 Å². The molecule has 20 heavy (non-hydrogen) atoms. The Morgan fingerprint density at radius 1 is 1.40 bits per heavy atom. The monoisotopic (exact) mass is 314 g/mol. The topological polar surface area (TPSA) is 89.7 Å². The average Bonchev–Trinajstić information content (AvgIpc) is 3.12. The highest BCUT2D eigenvalue weighted by atomic mass is 32.2. The summed E-state index contributed by atoms with van der Waals surface area (Å²) in [5.74, 6) is -3.88. The van der Waals surface area contributed by atoms with Crippen LogP contribution in [-0.2, 0) is 19.6 Å². The Bertz CT molecular complexity index is 438. The van der Waals surface area contributed by atoms with Crippen LogP contribution in [0.2, 0.25) is 0 Å². The van der Waals surface area contributed by atoms with Crippen molar-refractivity contribution in [2.75, 3.05) is 13.8 Å². The molecule has 118 valence electrons. The fraction of sp³-hybridized carbons (Fsp3) is 0.909. The van der Waals surface area contributed by atoms with E-state index < -0.39 is 27.2 Å². The third kappa shape index (κ3) is 4.10. The number of halogens is 2. The number of hydrogen-bond donors (Lipinski definition) is 1. The Labute approximate surface area is 117 Å². The minimum absolute atomic E-state index is 0.210. The van der Waals surface area contributed by atoms with Gasteiger partial charge in [-0.25, -0.2) is 8.42 Å². The van der Waals surface area contributed by atoms with E-state index in [2.05, 4.69) is 0 Å². The smallest absolute Gasteiger partial charge is 0.350 e. The molecule has 1 amide bonds. The van der Waals surface area contributed by atoms with Gasteiger partial charge in [0.15, 0.2) is 0 Å². The van der Waals surface area contributed by atoms with E-state index in [1.807, 2.05) is 0 Å². The Hall–Kier alpha value is -0.800. The van der Waals surface area contributed by atoms with E-state index in [1.165, 1.54) is 7.11 Å². The molecule has 0 aliphatic heterocycles. The lowest BCUT2D eigenvalue weighted by atomic mass is 10.1. The molecule has 0 heterocycles.